The van der Waals surface area contributed by atoms with E-state index >= 15 is 0 Å². The van der Waals surface area contributed by atoms with Crippen LogP contribution in [0.4, 0.5) is 4.39 Å². The normalized spacial score (nSPS) is 21.2. The van der Waals surface area contributed by atoms with Gasteiger partial charge in [0.25, 0.3) is 0 Å². The van der Waals surface area contributed by atoms with Crippen LogP contribution in [-0.2, 0) is 4.84 Å². The third-order valence-electron chi connectivity index (χ3n) is 1.86. The number of rotatable bonds is 1. The van der Waals surface area contributed by atoms with E-state index in [-0.39, 0.29) is 24.3 Å². The van der Waals surface area contributed by atoms with Crippen molar-refractivity contribution in [2.45, 2.75) is 12.5 Å². The number of aromatic nitrogens is 1. The van der Waals surface area contributed by atoms with Crippen molar-refractivity contribution in [3.8, 4) is 0 Å². The van der Waals surface area contributed by atoms with Gasteiger partial charge in [-0.15, -0.1) is 12.4 Å². The van der Waals surface area contributed by atoms with Crippen LogP contribution in [0.25, 0.3) is 0 Å². The molecule has 1 aliphatic heterocycles. The zero-order valence-electron chi connectivity index (χ0n) is 6.87. The predicted octanol–water partition coefficient (Wildman–Crippen LogP) is 1.61. The Morgan fingerprint density at radius 2 is 2.38 bits per heavy atom. The summed E-state index contributed by atoms with van der Waals surface area (Å²) >= 11 is 0. The van der Waals surface area contributed by atoms with Crippen LogP contribution in [0.1, 0.15) is 18.0 Å². The molecule has 0 radical (unpaired) electrons. The molecule has 0 spiro atoms. The quantitative estimate of drug-likeness (QED) is 0.755. The van der Waals surface area contributed by atoms with E-state index in [4.69, 9.17) is 4.84 Å². The van der Waals surface area contributed by atoms with Gasteiger partial charge in [-0.3, -0.25) is 4.98 Å². The van der Waals surface area contributed by atoms with Crippen molar-refractivity contribution in [2.75, 3.05) is 6.61 Å². The first kappa shape index (κ1) is 10.4. The highest BCUT2D eigenvalue weighted by molar-refractivity contribution is 5.85. The number of hydrogen-bond acceptors (Lipinski definition) is 3. The second-order valence-electron chi connectivity index (χ2n) is 2.74. The van der Waals surface area contributed by atoms with Gasteiger partial charge in [0.1, 0.15) is 5.82 Å². The van der Waals surface area contributed by atoms with Gasteiger partial charge in [0.2, 0.25) is 0 Å². The maximum absolute atomic E-state index is 12.7. The van der Waals surface area contributed by atoms with Crippen LogP contribution in [0.5, 0.6) is 0 Å². The molecule has 1 saturated heterocycles. The fraction of sp³-hybridized carbons (Fsp3) is 0.375. The van der Waals surface area contributed by atoms with Gasteiger partial charge in [0, 0.05) is 6.20 Å². The molecule has 5 heteroatoms. The maximum atomic E-state index is 12.7. The van der Waals surface area contributed by atoms with Crippen LogP contribution in [0.3, 0.4) is 0 Å². The summed E-state index contributed by atoms with van der Waals surface area (Å²) in [6, 6.07) is 1.56. The number of nitrogens with one attached hydrogen (secondary N) is 1. The largest absolute Gasteiger partial charge is 0.301 e. The summed E-state index contributed by atoms with van der Waals surface area (Å²) in [7, 11) is 0. The standard InChI is InChI=1S/C8H9FN2O.ClH/c9-7-3-6(4-10-5-7)8-1-2-12-11-8;/h3-5,8,11H,1-2H2;1H. The Morgan fingerprint density at radius 3 is 3.00 bits per heavy atom. The van der Waals surface area contributed by atoms with E-state index in [2.05, 4.69) is 10.5 Å². The molecular formula is C8H10ClFN2O. The molecule has 0 saturated carbocycles. The van der Waals surface area contributed by atoms with Gasteiger partial charge in [-0.1, -0.05) is 0 Å². The average molecular weight is 205 g/mol. The minimum absolute atomic E-state index is 0. The van der Waals surface area contributed by atoms with Gasteiger partial charge in [-0.2, -0.15) is 5.48 Å². The van der Waals surface area contributed by atoms with E-state index in [0.717, 1.165) is 12.0 Å². The molecule has 0 amide bonds. The summed E-state index contributed by atoms with van der Waals surface area (Å²) in [5, 5.41) is 0. The first-order valence-corrected chi connectivity index (χ1v) is 3.84. The molecule has 13 heavy (non-hydrogen) atoms. The van der Waals surface area contributed by atoms with Gasteiger partial charge in [0.15, 0.2) is 0 Å². The number of nitrogens with zero attached hydrogens (tertiary/aromatic N) is 1. The highest BCUT2D eigenvalue weighted by Gasteiger charge is 2.17. The summed E-state index contributed by atoms with van der Waals surface area (Å²) < 4.78 is 12.7. The highest BCUT2D eigenvalue weighted by atomic mass is 35.5. The molecule has 1 aliphatic rings. The summed E-state index contributed by atoms with van der Waals surface area (Å²) in [5.41, 5.74) is 3.63. The molecule has 2 heterocycles. The number of hydroxylamine groups is 1. The molecule has 1 atom stereocenters. The molecule has 3 nitrogen and oxygen atoms in total. The Bertz CT molecular complexity index is 279. The van der Waals surface area contributed by atoms with Gasteiger partial charge in [-0.25, -0.2) is 4.39 Å². The van der Waals surface area contributed by atoms with E-state index < -0.39 is 0 Å². The Balaban J connectivity index is 0.000000845. The lowest BCUT2D eigenvalue weighted by Crippen LogP contribution is -2.11. The van der Waals surface area contributed by atoms with Crippen molar-refractivity contribution in [1.82, 2.24) is 10.5 Å². The Labute approximate surface area is 81.7 Å². The van der Waals surface area contributed by atoms with Crippen LogP contribution in [0.15, 0.2) is 18.5 Å². The lowest BCUT2D eigenvalue weighted by atomic mass is 10.1. The lowest BCUT2D eigenvalue weighted by Gasteiger charge is -2.06. The molecule has 1 aromatic heterocycles. The molecule has 1 unspecified atom stereocenters. The van der Waals surface area contributed by atoms with Gasteiger partial charge in [0.05, 0.1) is 18.8 Å². The first-order valence-electron chi connectivity index (χ1n) is 3.84. The van der Waals surface area contributed by atoms with Crippen LogP contribution in [0, 0.1) is 5.82 Å². The summed E-state index contributed by atoms with van der Waals surface area (Å²) in [6.45, 7) is 0.668. The predicted molar refractivity (Wildman–Crippen MR) is 47.9 cm³/mol. The summed E-state index contributed by atoms with van der Waals surface area (Å²) in [6.07, 6.45) is 3.71. The fourth-order valence-electron chi connectivity index (χ4n) is 1.25. The number of halogens is 2. The first-order chi connectivity index (χ1) is 5.86. The third kappa shape index (κ3) is 2.37. The molecule has 1 aromatic rings. The van der Waals surface area contributed by atoms with Crippen molar-refractivity contribution >= 4 is 12.4 Å². The minimum atomic E-state index is -0.304. The lowest BCUT2D eigenvalue weighted by molar-refractivity contribution is 0.0882. The average Bonchev–Trinajstić information content (AvgIpc) is 2.56. The number of pyridine rings is 1. The van der Waals surface area contributed by atoms with Crippen molar-refractivity contribution in [1.29, 1.82) is 0 Å². The zero-order valence-corrected chi connectivity index (χ0v) is 7.68. The van der Waals surface area contributed by atoms with Crippen molar-refractivity contribution in [3.63, 3.8) is 0 Å². The smallest absolute Gasteiger partial charge is 0.141 e. The Kier molecular flexibility index (Phi) is 3.59. The minimum Gasteiger partial charge on any atom is -0.301 e. The molecule has 0 aliphatic carbocycles. The Morgan fingerprint density at radius 1 is 1.54 bits per heavy atom. The summed E-state index contributed by atoms with van der Waals surface area (Å²) in [5.74, 6) is -0.304. The number of hydrogen-bond donors (Lipinski definition) is 1. The molecule has 1 fully saturated rings. The topological polar surface area (TPSA) is 34.1 Å². The van der Waals surface area contributed by atoms with Gasteiger partial charge >= 0.3 is 0 Å². The van der Waals surface area contributed by atoms with Gasteiger partial charge in [-0.05, 0) is 18.1 Å². The van der Waals surface area contributed by atoms with Crippen LogP contribution in [0.2, 0.25) is 0 Å². The molecule has 0 bridgehead atoms. The molecule has 0 aromatic carbocycles. The SMILES string of the molecule is Cl.Fc1cncc(C2CCON2)c1. The van der Waals surface area contributed by atoms with E-state index in [1.165, 1.54) is 12.3 Å². The summed E-state index contributed by atoms with van der Waals surface area (Å²) in [4.78, 5) is 8.71. The van der Waals surface area contributed by atoms with Crippen molar-refractivity contribution < 1.29 is 9.23 Å². The molecule has 1 N–H and O–H groups in total. The van der Waals surface area contributed by atoms with E-state index in [9.17, 15) is 4.39 Å². The van der Waals surface area contributed by atoms with Crippen LogP contribution in [-0.4, -0.2) is 11.6 Å². The van der Waals surface area contributed by atoms with Crippen LogP contribution >= 0.6 is 12.4 Å². The van der Waals surface area contributed by atoms with Crippen LogP contribution < -0.4 is 5.48 Å². The maximum Gasteiger partial charge on any atom is 0.141 e. The second kappa shape index (κ2) is 4.50. The molecular weight excluding hydrogens is 195 g/mol. The molecule has 2 rings (SSSR count). The van der Waals surface area contributed by atoms with Crippen molar-refractivity contribution in [3.05, 3.63) is 29.8 Å². The zero-order chi connectivity index (χ0) is 8.39. The van der Waals surface area contributed by atoms with Crippen molar-refractivity contribution in [2.24, 2.45) is 0 Å². The van der Waals surface area contributed by atoms with Gasteiger partial charge < -0.3 is 4.84 Å². The van der Waals surface area contributed by atoms with E-state index in [1.54, 1.807) is 6.20 Å². The third-order valence-corrected chi connectivity index (χ3v) is 1.86. The molecule has 72 valence electrons. The van der Waals surface area contributed by atoms with E-state index in [1.807, 2.05) is 0 Å². The fourth-order valence-corrected chi connectivity index (χ4v) is 1.25. The van der Waals surface area contributed by atoms with E-state index in [0.29, 0.717) is 6.61 Å². The highest BCUT2D eigenvalue weighted by Crippen LogP contribution is 2.20. The monoisotopic (exact) mass is 204 g/mol. The second-order valence-corrected chi connectivity index (χ2v) is 2.74. The Hall–Kier alpha value is -0.710.